The van der Waals surface area contributed by atoms with Crippen molar-refractivity contribution in [3.8, 4) is 0 Å². The van der Waals surface area contributed by atoms with Crippen LogP contribution in [0.5, 0.6) is 0 Å². The molecule has 0 heteroatoms. The second-order valence-corrected chi connectivity index (χ2v) is 13.3. The lowest BCUT2D eigenvalue weighted by Gasteiger charge is -2.36. The molecule has 0 radical (unpaired) electrons. The zero-order valence-electron chi connectivity index (χ0n) is 27.3. The third kappa shape index (κ3) is 11.3. The monoisotopic (exact) mass is 536 g/mol. The average Bonchev–Trinajstić information content (AvgIpc) is 2.85. The Morgan fingerprint density at radius 2 is 1.23 bits per heavy atom. The minimum Gasteiger partial charge on any atom is -0.0850 e. The Morgan fingerprint density at radius 1 is 0.700 bits per heavy atom. The van der Waals surface area contributed by atoms with Gasteiger partial charge in [0, 0.05) is 5.92 Å². The molecular formula is C40H56. The third-order valence-corrected chi connectivity index (χ3v) is 8.46. The van der Waals surface area contributed by atoms with Crippen LogP contribution in [0.1, 0.15) is 101 Å². The van der Waals surface area contributed by atoms with Crippen LogP contribution in [0, 0.1) is 16.7 Å². The van der Waals surface area contributed by atoms with E-state index in [1.165, 1.54) is 65.5 Å². The van der Waals surface area contributed by atoms with E-state index in [-0.39, 0.29) is 0 Å². The van der Waals surface area contributed by atoms with Crippen molar-refractivity contribution in [2.45, 2.75) is 101 Å². The highest BCUT2D eigenvalue weighted by atomic mass is 14.3. The number of allylic oxidation sites excluding steroid dienone is 22. The number of hydrogen-bond donors (Lipinski definition) is 0. The lowest BCUT2D eigenvalue weighted by Crippen LogP contribution is -2.26. The molecule has 0 nitrogen and oxygen atoms in total. The summed E-state index contributed by atoms with van der Waals surface area (Å²) in [4.78, 5) is 0. The van der Waals surface area contributed by atoms with Crippen LogP contribution in [0.2, 0.25) is 0 Å². The van der Waals surface area contributed by atoms with Gasteiger partial charge in [0.25, 0.3) is 0 Å². The Morgan fingerprint density at radius 3 is 1.77 bits per heavy atom. The van der Waals surface area contributed by atoms with Crippen LogP contribution in [-0.4, -0.2) is 0 Å². The van der Waals surface area contributed by atoms with Gasteiger partial charge in [-0.25, -0.2) is 0 Å². The van der Waals surface area contributed by atoms with Crippen LogP contribution < -0.4 is 0 Å². The Labute approximate surface area is 247 Å². The van der Waals surface area contributed by atoms with E-state index in [0.717, 1.165) is 0 Å². The van der Waals surface area contributed by atoms with Crippen molar-refractivity contribution in [2.24, 2.45) is 16.7 Å². The molecule has 0 saturated carbocycles. The Hall–Kier alpha value is -2.86. The highest BCUT2D eigenvalue weighted by Gasteiger charge is 2.30. The first kappa shape index (κ1) is 33.3. The maximum atomic E-state index is 2.41. The molecule has 1 atom stereocenters. The highest BCUT2D eigenvalue weighted by Crippen LogP contribution is 2.42. The molecule has 2 rings (SSSR count). The summed E-state index contributed by atoms with van der Waals surface area (Å²) in [6, 6.07) is 0. The molecule has 0 spiro atoms. The fraction of sp³-hybridized carbons (Fsp3) is 0.450. The predicted octanol–water partition coefficient (Wildman–Crippen LogP) is 12.5. The number of hydrogen-bond acceptors (Lipinski definition) is 0. The maximum Gasteiger partial charge on any atom is 0.00285 e. The molecule has 0 fully saturated rings. The van der Waals surface area contributed by atoms with Gasteiger partial charge in [-0.15, -0.1) is 0 Å². The van der Waals surface area contributed by atoms with Gasteiger partial charge in [0.15, 0.2) is 0 Å². The number of rotatable bonds is 10. The first-order valence-corrected chi connectivity index (χ1v) is 15.3. The summed E-state index contributed by atoms with van der Waals surface area (Å²) < 4.78 is 0. The molecule has 0 amide bonds. The summed E-state index contributed by atoms with van der Waals surface area (Å²) in [5, 5.41) is 0. The van der Waals surface area contributed by atoms with Gasteiger partial charge in [-0.3, -0.25) is 0 Å². The van der Waals surface area contributed by atoms with E-state index in [9.17, 15) is 0 Å². The van der Waals surface area contributed by atoms with E-state index in [2.05, 4.69) is 160 Å². The zero-order valence-corrected chi connectivity index (χ0v) is 27.3. The molecule has 0 saturated heterocycles. The second-order valence-electron chi connectivity index (χ2n) is 13.3. The zero-order chi connectivity index (χ0) is 29.8. The van der Waals surface area contributed by atoms with Crippen molar-refractivity contribution in [3.05, 3.63) is 130 Å². The molecule has 0 N–H and O–H groups in total. The van der Waals surface area contributed by atoms with E-state index in [4.69, 9.17) is 0 Å². The summed E-state index contributed by atoms with van der Waals surface area (Å²) in [7, 11) is 0. The van der Waals surface area contributed by atoms with E-state index in [1.54, 1.807) is 5.57 Å². The van der Waals surface area contributed by atoms with Gasteiger partial charge in [0.1, 0.15) is 0 Å². The summed E-state index contributed by atoms with van der Waals surface area (Å²) >= 11 is 0. The summed E-state index contributed by atoms with van der Waals surface area (Å²) in [5.74, 6) is 0.532. The Kier molecular flexibility index (Phi) is 13.2. The van der Waals surface area contributed by atoms with Crippen LogP contribution in [0.4, 0.5) is 0 Å². The SMILES string of the molecule is CC1=CCCC(C)(C)[C@H]1/C=C/C(C)=C/C=C/C(C)=C/C=C/C=C(C)/C=C/C=C(C)/C=C/C1=C(C)CCCC1(C)C. The fourth-order valence-electron chi connectivity index (χ4n) is 5.80. The Bertz CT molecular complexity index is 1200. The van der Waals surface area contributed by atoms with Gasteiger partial charge >= 0.3 is 0 Å². The van der Waals surface area contributed by atoms with Crippen molar-refractivity contribution < 1.29 is 0 Å². The normalized spacial score (nSPS) is 23.6. The van der Waals surface area contributed by atoms with Crippen molar-refractivity contribution in [3.63, 3.8) is 0 Å². The molecule has 0 unspecified atom stereocenters. The second kappa shape index (κ2) is 15.8. The van der Waals surface area contributed by atoms with Gasteiger partial charge in [0.2, 0.25) is 0 Å². The standard InChI is InChI=1S/C40H56/c1-31(19-13-21-33(3)25-27-37-35(5)23-15-29-39(37,7)8)17-11-12-18-32(2)20-14-22-34(4)26-28-38-36(6)24-16-30-40(38,9)10/h11-14,17-23,25-28,37H,15-16,24,29-30H2,1-10H3/b12-11+,19-13+,20-14+,27-25+,28-26+,31-17+,32-18+,33-21+,34-22+/t37-/m0/s1. The minimum atomic E-state index is 0.291. The van der Waals surface area contributed by atoms with Gasteiger partial charge in [-0.05, 0) is 90.0 Å². The molecule has 2 aliphatic rings. The van der Waals surface area contributed by atoms with Gasteiger partial charge in [-0.2, -0.15) is 0 Å². The van der Waals surface area contributed by atoms with E-state index >= 15 is 0 Å². The molecule has 216 valence electrons. The molecule has 0 aromatic carbocycles. The minimum absolute atomic E-state index is 0.291. The molecule has 0 aliphatic heterocycles. The highest BCUT2D eigenvalue weighted by molar-refractivity contribution is 5.37. The Balaban J connectivity index is 1.88. The first-order valence-electron chi connectivity index (χ1n) is 15.3. The predicted molar refractivity (Wildman–Crippen MR) is 181 cm³/mol. The summed E-state index contributed by atoms with van der Waals surface area (Å²) in [5.41, 5.74) is 10.2. The van der Waals surface area contributed by atoms with Crippen molar-refractivity contribution in [1.29, 1.82) is 0 Å². The van der Waals surface area contributed by atoms with Crippen LogP contribution >= 0.6 is 0 Å². The van der Waals surface area contributed by atoms with E-state index < -0.39 is 0 Å². The fourth-order valence-corrected chi connectivity index (χ4v) is 5.80. The molecule has 40 heavy (non-hydrogen) atoms. The third-order valence-electron chi connectivity index (χ3n) is 8.46. The largest absolute Gasteiger partial charge is 0.0850 e. The van der Waals surface area contributed by atoms with Gasteiger partial charge in [0.05, 0.1) is 0 Å². The van der Waals surface area contributed by atoms with Crippen molar-refractivity contribution >= 4 is 0 Å². The first-order chi connectivity index (χ1) is 18.8. The molecule has 0 aromatic rings. The average molecular weight is 537 g/mol. The molecule has 0 aromatic heterocycles. The van der Waals surface area contributed by atoms with Gasteiger partial charge < -0.3 is 0 Å². The molecule has 2 aliphatic carbocycles. The van der Waals surface area contributed by atoms with E-state index in [0.29, 0.717) is 16.7 Å². The van der Waals surface area contributed by atoms with Gasteiger partial charge in [-0.1, -0.05) is 152 Å². The molecule has 0 bridgehead atoms. The van der Waals surface area contributed by atoms with Crippen LogP contribution in [0.3, 0.4) is 0 Å². The summed E-state index contributed by atoms with van der Waals surface area (Å²) in [6.45, 7) is 22.7. The lowest BCUT2D eigenvalue weighted by molar-refractivity contribution is 0.255. The van der Waals surface area contributed by atoms with Crippen molar-refractivity contribution in [2.75, 3.05) is 0 Å². The topological polar surface area (TPSA) is 0 Å². The molecular weight excluding hydrogens is 480 g/mol. The van der Waals surface area contributed by atoms with Crippen LogP contribution in [-0.2, 0) is 0 Å². The molecule has 0 heterocycles. The van der Waals surface area contributed by atoms with E-state index in [1.807, 2.05) is 0 Å². The summed E-state index contributed by atoms with van der Waals surface area (Å²) in [6.07, 6.45) is 39.5. The van der Waals surface area contributed by atoms with Crippen LogP contribution in [0.15, 0.2) is 130 Å². The van der Waals surface area contributed by atoms with Crippen LogP contribution in [0.25, 0.3) is 0 Å². The quantitative estimate of drug-likeness (QED) is 0.192. The smallest absolute Gasteiger partial charge is 0.00285 e. The lowest BCUT2D eigenvalue weighted by atomic mass is 9.68. The van der Waals surface area contributed by atoms with Crippen molar-refractivity contribution in [1.82, 2.24) is 0 Å². The maximum absolute atomic E-state index is 2.41.